The van der Waals surface area contributed by atoms with Gasteiger partial charge in [0.25, 0.3) is 0 Å². The van der Waals surface area contributed by atoms with Crippen molar-refractivity contribution in [1.29, 1.82) is 0 Å². The van der Waals surface area contributed by atoms with Crippen molar-refractivity contribution in [2.75, 3.05) is 7.11 Å². The molecule has 0 aliphatic heterocycles. The van der Waals surface area contributed by atoms with Crippen LogP contribution in [0.1, 0.15) is 46.9 Å². The summed E-state index contributed by atoms with van der Waals surface area (Å²) in [6, 6.07) is 28.6. The maximum atomic E-state index is 11.8. The van der Waals surface area contributed by atoms with E-state index in [-0.39, 0.29) is 5.97 Å². The van der Waals surface area contributed by atoms with Crippen LogP contribution in [0.4, 0.5) is 0 Å². The Kier molecular flexibility index (Phi) is 8.47. The molecule has 0 atom stereocenters. The van der Waals surface area contributed by atoms with Gasteiger partial charge in [-0.25, -0.2) is 9.78 Å². The summed E-state index contributed by atoms with van der Waals surface area (Å²) in [4.78, 5) is 19.1. The van der Waals surface area contributed by atoms with Crippen molar-refractivity contribution in [3.05, 3.63) is 114 Å². The minimum absolute atomic E-state index is 0.314. The zero-order valence-electron chi connectivity index (χ0n) is 20.6. The summed E-state index contributed by atoms with van der Waals surface area (Å²) in [5, 5.41) is 0. The molecular formula is C30H33N3O2. The highest BCUT2D eigenvalue weighted by Crippen LogP contribution is 2.23. The van der Waals surface area contributed by atoms with Crippen LogP contribution in [0.3, 0.4) is 0 Å². The highest BCUT2D eigenvalue weighted by atomic mass is 16.5. The molecule has 1 aromatic heterocycles. The fraction of sp³-hybridized carbons (Fsp3) is 0.267. The molecule has 0 radical (unpaired) electrons. The van der Waals surface area contributed by atoms with E-state index in [0.29, 0.717) is 5.56 Å². The molecule has 180 valence electrons. The second-order valence-corrected chi connectivity index (χ2v) is 8.76. The molecule has 0 aliphatic carbocycles. The number of unbranched alkanes of at least 4 members (excludes halogenated alkanes) is 1. The van der Waals surface area contributed by atoms with Gasteiger partial charge in [0.2, 0.25) is 0 Å². The summed E-state index contributed by atoms with van der Waals surface area (Å²) in [5.41, 5.74) is 5.33. The molecule has 0 fully saturated rings. The monoisotopic (exact) mass is 467 g/mol. The largest absolute Gasteiger partial charge is 0.465 e. The first-order chi connectivity index (χ1) is 17.2. The number of carbonyl (C=O) groups excluding carboxylic acids is 1. The molecular weight excluding hydrogens is 434 g/mol. The Labute approximate surface area is 208 Å². The van der Waals surface area contributed by atoms with Crippen LogP contribution in [0.2, 0.25) is 0 Å². The zero-order valence-corrected chi connectivity index (χ0v) is 20.6. The van der Waals surface area contributed by atoms with Gasteiger partial charge >= 0.3 is 5.97 Å². The fourth-order valence-electron chi connectivity index (χ4n) is 4.28. The minimum atomic E-state index is -0.314. The highest BCUT2D eigenvalue weighted by Gasteiger charge is 2.16. The number of nitrogens with zero attached hydrogens (tertiary/aromatic N) is 3. The smallest absolute Gasteiger partial charge is 0.337 e. The van der Waals surface area contributed by atoms with Crippen LogP contribution in [0.5, 0.6) is 0 Å². The number of benzene rings is 3. The third-order valence-corrected chi connectivity index (χ3v) is 6.12. The molecule has 0 spiro atoms. The number of ether oxygens (including phenoxy) is 1. The first-order valence-corrected chi connectivity index (χ1v) is 12.2. The summed E-state index contributed by atoms with van der Waals surface area (Å²) in [6.07, 6.45) is 4.26. The Morgan fingerprint density at radius 3 is 2.11 bits per heavy atom. The quantitative estimate of drug-likeness (QED) is 0.242. The van der Waals surface area contributed by atoms with Gasteiger partial charge in [-0.05, 0) is 29.7 Å². The second-order valence-electron chi connectivity index (χ2n) is 8.76. The summed E-state index contributed by atoms with van der Waals surface area (Å²) in [5.74, 6) is 0.710. The van der Waals surface area contributed by atoms with Gasteiger partial charge in [0, 0.05) is 31.7 Å². The van der Waals surface area contributed by atoms with Gasteiger partial charge in [0.05, 0.1) is 24.6 Å². The van der Waals surface area contributed by atoms with Crippen LogP contribution >= 0.6 is 0 Å². The molecule has 0 saturated carbocycles. The summed E-state index contributed by atoms with van der Waals surface area (Å²) in [6.45, 7) is 5.52. The number of carbonyl (C=O) groups is 1. The number of hydrogen-bond acceptors (Lipinski definition) is 4. The number of aromatic nitrogens is 2. The average Bonchev–Trinajstić information content (AvgIpc) is 3.30. The predicted octanol–water partition coefficient (Wildman–Crippen LogP) is 6.34. The van der Waals surface area contributed by atoms with E-state index >= 15 is 0 Å². The van der Waals surface area contributed by atoms with Crippen molar-refractivity contribution in [3.8, 4) is 11.4 Å². The lowest BCUT2D eigenvalue weighted by Crippen LogP contribution is -2.24. The highest BCUT2D eigenvalue weighted by molar-refractivity contribution is 5.89. The summed E-state index contributed by atoms with van der Waals surface area (Å²) >= 11 is 0. The number of esters is 1. The Bertz CT molecular complexity index is 1200. The molecule has 0 bridgehead atoms. The lowest BCUT2D eigenvalue weighted by molar-refractivity contribution is 0.0600. The van der Waals surface area contributed by atoms with Gasteiger partial charge < -0.3 is 9.30 Å². The topological polar surface area (TPSA) is 47.4 Å². The second kappa shape index (κ2) is 12.1. The fourth-order valence-corrected chi connectivity index (χ4v) is 4.28. The van der Waals surface area contributed by atoms with E-state index in [0.717, 1.165) is 56.0 Å². The molecule has 0 aliphatic rings. The SMILES string of the molecule is CCCCn1c(CN(Cc2ccccc2)Cc2ccc(C(=O)OC)cc2)cnc1-c1ccccc1. The van der Waals surface area contributed by atoms with E-state index in [1.807, 2.05) is 42.6 Å². The van der Waals surface area contributed by atoms with Crippen molar-refractivity contribution in [1.82, 2.24) is 14.5 Å². The van der Waals surface area contributed by atoms with Crippen molar-refractivity contribution in [2.24, 2.45) is 0 Å². The average molecular weight is 468 g/mol. The summed E-state index contributed by atoms with van der Waals surface area (Å²) in [7, 11) is 1.41. The lowest BCUT2D eigenvalue weighted by Gasteiger charge is -2.24. The molecule has 0 unspecified atom stereocenters. The standard InChI is InChI=1S/C30H33N3O2/c1-3-4-19-33-28(20-31-29(33)26-13-9-6-10-14-26)23-32(21-24-11-7-5-8-12-24)22-25-15-17-27(18-16-25)30(34)35-2/h5-18,20H,3-4,19,21-23H2,1-2H3. The first-order valence-electron chi connectivity index (χ1n) is 12.2. The third kappa shape index (κ3) is 6.46. The van der Waals surface area contributed by atoms with Crippen molar-refractivity contribution in [2.45, 2.75) is 45.9 Å². The summed E-state index contributed by atoms with van der Waals surface area (Å²) < 4.78 is 7.21. The van der Waals surface area contributed by atoms with Crippen LogP contribution < -0.4 is 0 Å². The molecule has 0 N–H and O–H groups in total. The van der Waals surface area contributed by atoms with Crippen molar-refractivity contribution in [3.63, 3.8) is 0 Å². The molecule has 4 rings (SSSR count). The molecule has 4 aromatic rings. The zero-order chi connectivity index (χ0) is 24.5. The number of hydrogen-bond donors (Lipinski definition) is 0. The van der Waals surface area contributed by atoms with Gasteiger partial charge in [-0.1, -0.05) is 86.1 Å². The van der Waals surface area contributed by atoms with Crippen LogP contribution in [-0.4, -0.2) is 27.5 Å². The predicted molar refractivity (Wildman–Crippen MR) is 140 cm³/mol. The van der Waals surface area contributed by atoms with E-state index in [2.05, 4.69) is 64.9 Å². The Morgan fingerprint density at radius 1 is 0.857 bits per heavy atom. The van der Waals surface area contributed by atoms with Crippen LogP contribution in [0.15, 0.2) is 91.1 Å². The molecule has 3 aromatic carbocycles. The van der Waals surface area contributed by atoms with Crippen LogP contribution in [-0.2, 0) is 30.9 Å². The molecule has 0 saturated heterocycles. The van der Waals surface area contributed by atoms with Crippen molar-refractivity contribution < 1.29 is 9.53 Å². The maximum Gasteiger partial charge on any atom is 0.337 e. The first kappa shape index (κ1) is 24.4. The van der Waals surface area contributed by atoms with Gasteiger partial charge in [-0.2, -0.15) is 0 Å². The van der Waals surface area contributed by atoms with E-state index < -0.39 is 0 Å². The Morgan fingerprint density at radius 2 is 1.49 bits per heavy atom. The molecule has 5 heteroatoms. The normalized spacial score (nSPS) is 11.1. The van der Waals surface area contributed by atoms with Gasteiger partial charge in [0.1, 0.15) is 5.82 Å². The Balaban J connectivity index is 1.61. The van der Waals surface area contributed by atoms with Crippen LogP contribution in [0, 0.1) is 0 Å². The third-order valence-electron chi connectivity index (χ3n) is 6.12. The number of imidazole rings is 1. The van der Waals surface area contributed by atoms with E-state index in [1.165, 1.54) is 18.4 Å². The van der Waals surface area contributed by atoms with Crippen LogP contribution in [0.25, 0.3) is 11.4 Å². The molecule has 5 nitrogen and oxygen atoms in total. The Hall–Kier alpha value is -3.70. The van der Waals surface area contributed by atoms with Gasteiger partial charge in [-0.3, -0.25) is 4.90 Å². The van der Waals surface area contributed by atoms with Gasteiger partial charge in [0.15, 0.2) is 0 Å². The lowest BCUT2D eigenvalue weighted by atomic mass is 10.1. The van der Waals surface area contributed by atoms with Crippen molar-refractivity contribution >= 4 is 5.97 Å². The molecule has 1 heterocycles. The molecule has 35 heavy (non-hydrogen) atoms. The number of methoxy groups -OCH3 is 1. The van der Waals surface area contributed by atoms with E-state index in [4.69, 9.17) is 9.72 Å². The van der Waals surface area contributed by atoms with Gasteiger partial charge in [-0.15, -0.1) is 0 Å². The maximum absolute atomic E-state index is 11.8. The van der Waals surface area contributed by atoms with E-state index in [9.17, 15) is 4.79 Å². The molecule has 0 amide bonds. The number of rotatable bonds is 11. The van der Waals surface area contributed by atoms with E-state index in [1.54, 1.807) is 0 Å². The minimum Gasteiger partial charge on any atom is -0.465 e.